The largest absolute Gasteiger partial charge is 0.459 e. The number of hydrogen-bond acceptors (Lipinski definition) is 10. The average Bonchev–Trinajstić information content (AvgIpc) is 3.83. The molecule has 3 aromatic heterocycles. The first-order valence-electron chi connectivity index (χ1n) is 17.0. The Morgan fingerprint density at radius 1 is 1.18 bits per heavy atom. The first kappa shape index (κ1) is 33.6. The van der Waals surface area contributed by atoms with Crippen LogP contribution in [0, 0.1) is 23.0 Å². The summed E-state index contributed by atoms with van der Waals surface area (Å²) in [4.78, 5) is 29.5. The fourth-order valence-electron chi connectivity index (χ4n) is 8.28. The van der Waals surface area contributed by atoms with Gasteiger partial charge in [0.2, 0.25) is 0 Å². The van der Waals surface area contributed by atoms with Gasteiger partial charge in [0.25, 0.3) is 5.91 Å². The first-order valence-corrected chi connectivity index (χ1v) is 18.2. The van der Waals surface area contributed by atoms with Gasteiger partial charge < -0.3 is 20.3 Å². The van der Waals surface area contributed by atoms with Crippen LogP contribution in [0.2, 0.25) is 5.02 Å². The van der Waals surface area contributed by atoms with Crippen molar-refractivity contribution in [1.29, 1.82) is 5.26 Å². The molecule has 2 N–H and O–H groups in total. The summed E-state index contributed by atoms with van der Waals surface area (Å²) in [7, 11) is 3.81. The van der Waals surface area contributed by atoms with Crippen LogP contribution in [-0.2, 0) is 7.05 Å². The van der Waals surface area contributed by atoms with Crippen molar-refractivity contribution in [3.63, 3.8) is 0 Å². The fourth-order valence-corrected chi connectivity index (χ4v) is 9.52. The molecule has 3 atom stereocenters. The molecule has 5 aromatic rings. The Bertz CT molecular complexity index is 2270. The Balaban J connectivity index is 1.26. The molecule has 0 bridgehead atoms. The molecule has 3 aliphatic heterocycles. The van der Waals surface area contributed by atoms with Gasteiger partial charge in [-0.25, -0.2) is 8.78 Å². The number of likely N-dealkylation sites (tertiary alicyclic amines) is 2. The summed E-state index contributed by atoms with van der Waals surface area (Å²) in [6, 6.07) is 8.20. The van der Waals surface area contributed by atoms with Crippen LogP contribution in [0.1, 0.15) is 55.1 Å². The van der Waals surface area contributed by atoms with E-state index in [0.29, 0.717) is 36.5 Å². The number of thiophene rings is 1. The minimum atomic E-state index is -0.749. The number of nitrogen functional groups attached to an aromatic ring is 1. The van der Waals surface area contributed by atoms with Gasteiger partial charge in [-0.3, -0.25) is 14.4 Å². The van der Waals surface area contributed by atoms with E-state index in [0.717, 1.165) is 50.0 Å². The highest BCUT2D eigenvalue weighted by molar-refractivity contribution is 7.23. The number of nitrogens with two attached hydrogens (primary N) is 1. The Morgan fingerprint density at radius 2 is 2.00 bits per heavy atom. The topological polar surface area (TPSA) is 129 Å². The predicted molar refractivity (Wildman–Crippen MR) is 193 cm³/mol. The second-order valence-electron chi connectivity index (χ2n) is 13.8. The zero-order valence-electron chi connectivity index (χ0n) is 28.4. The van der Waals surface area contributed by atoms with Crippen molar-refractivity contribution in [1.82, 2.24) is 29.5 Å². The van der Waals surface area contributed by atoms with Crippen LogP contribution in [0.15, 0.2) is 30.5 Å². The number of amides is 1. The third-order valence-corrected chi connectivity index (χ3v) is 12.3. The molecule has 3 fully saturated rings. The lowest BCUT2D eigenvalue weighted by molar-refractivity contribution is -0.0111. The molecule has 1 amide bonds. The monoisotopic (exact) mass is 731 g/mol. The van der Waals surface area contributed by atoms with Gasteiger partial charge in [-0.2, -0.15) is 20.3 Å². The van der Waals surface area contributed by atoms with Gasteiger partial charge in [0, 0.05) is 55.3 Å². The zero-order valence-corrected chi connectivity index (χ0v) is 30.0. The van der Waals surface area contributed by atoms with Gasteiger partial charge in [0.1, 0.15) is 40.0 Å². The number of nitrogens with zero attached hydrogens (tertiary/aromatic N) is 8. The average molecular weight is 732 g/mol. The molecule has 0 radical (unpaired) electrons. The fraction of sp³-hybridized carbons (Fsp3) is 0.417. The molecular weight excluding hydrogens is 696 g/mol. The lowest BCUT2D eigenvalue weighted by Gasteiger charge is -2.57. The Hall–Kier alpha value is -4.58. The number of carbonyl (C=O) groups is 1. The van der Waals surface area contributed by atoms with E-state index < -0.39 is 17.2 Å². The number of carbonyl (C=O) groups excluding carboxylic acids is 1. The van der Waals surface area contributed by atoms with Gasteiger partial charge in [0.05, 0.1) is 20.8 Å². The maximum Gasteiger partial charge on any atom is 0.319 e. The number of hydrogen-bond donors (Lipinski definition) is 1. The number of fused-ring (bicyclic) bond motifs is 2. The van der Waals surface area contributed by atoms with Gasteiger partial charge in [-0.1, -0.05) is 17.7 Å². The number of benzene rings is 2. The molecule has 3 saturated heterocycles. The molecule has 0 saturated carbocycles. The molecule has 2 unspecified atom stereocenters. The van der Waals surface area contributed by atoms with Crippen LogP contribution >= 0.6 is 22.9 Å². The number of nitriles is 1. The van der Waals surface area contributed by atoms with Gasteiger partial charge in [-0.05, 0) is 76.4 Å². The summed E-state index contributed by atoms with van der Waals surface area (Å²) < 4.78 is 40.3. The molecule has 6 heterocycles. The quantitative estimate of drug-likeness (QED) is 0.212. The number of rotatable bonds is 6. The minimum absolute atomic E-state index is 0.0170. The first-order chi connectivity index (χ1) is 24.5. The standard InChI is InChI=1S/C36H36ClF2N9O2S/c1-19(25-6-4-13-45(25)2)50-35-43-30-21(16-23(37)28(29(30)39)20-7-8-24(38)31-27(20)22(17-40)32(41)51-31)33(44-35)47-14-5-10-36(18-47)11-15-48(36)34(49)26-9-12-42-46(26)3/h7-9,12,16,19,25H,4-6,10-11,13-15,18,41H2,1-3H3/t19-,25?,36?/m0/s1. The molecule has 11 nitrogen and oxygen atoms in total. The van der Waals surface area contributed by atoms with E-state index in [2.05, 4.69) is 33.0 Å². The van der Waals surface area contributed by atoms with Crippen molar-refractivity contribution in [2.24, 2.45) is 7.05 Å². The Morgan fingerprint density at radius 3 is 2.69 bits per heavy atom. The summed E-state index contributed by atoms with van der Waals surface area (Å²) in [5.74, 6) is -0.942. The van der Waals surface area contributed by atoms with Crippen LogP contribution in [0.5, 0.6) is 6.01 Å². The second kappa shape index (κ2) is 12.6. The van der Waals surface area contributed by atoms with Crippen molar-refractivity contribution in [3.8, 4) is 23.2 Å². The van der Waals surface area contributed by atoms with E-state index in [4.69, 9.17) is 27.1 Å². The molecule has 15 heteroatoms. The summed E-state index contributed by atoms with van der Waals surface area (Å²) in [5.41, 5.74) is 6.44. The second-order valence-corrected chi connectivity index (χ2v) is 15.3. The summed E-state index contributed by atoms with van der Waals surface area (Å²) in [6.45, 7) is 4.63. The van der Waals surface area contributed by atoms with Gasteiger partial charge in [-0.15, -0.1) is 11.3 Å². The molecule has 264 valence electrons. The molecule has 51 heavy (non-hydrogen) atoms. The number of anilines is 2. The van der Waals surface area contributed by atoms with Crippen molar-refractivity contribution in [2.75, 3.05) is 43.9 Å². The number of aromatic nitrogens is 4. The summed E-state index contributed by atoms with van der Waals surface area (Å²) >= 11 is 7.87. The van der Waals surface area contributed by atoms with Gasteiger partial charge in [0.15, 0.2) is 5.82 Å². The normalized spacial score (nSPS) is 21.4. The van der Waals surface area contributed by atoms with Crippen molar-refractivity contribution >= 4 is 60.7 Å². The molecule has 1 spiro atoms. The van der Waals surface area contributed by atoms with E-state index in [9.17, 15) is 14.4 Å². The number of piperidine rings is 1. The highest BCUT2D eigenvalue weighted by Crippen LogP contribution is 2.47. The molecule has 0 aliphatic carbocycles. The smallest absolute Gasteiger partial charge is 0.319 e. The van der Waals surface area contributed by atoms with Crippen molar-refractivity contribution < 1.29 is 18.3 Å². The highest BCUT2D eigenvalue weighted by atomic mass is 35.5. The lowest BCUT2D eigenvalue weighted by Crippen LogP contribution is -2.68. The van der Waals surface area contributed by atoms with Gasteiger partial charge >= 0.3 is 6.01 Å². The van der Waals surface area contributed by atoms with Crippen LogP contribution < -0.4 is 15.4 Å². The van der Waals surface area contributed by atoms with E-state index in [1.807, 2.05) is 11.8 Å². The minimum Gasteiger partial charge on any atom is -0.459 e. The molecule has 3 aliphatic rings. The highest BCUT2D eigenvalue weighted by Gasteiger charge is 2.50. The number of halogens is 3. The summed E-state index contributed by atoms with van der Waals surface area (Å²) in [6.07, 6.45) is 5.73. The zero-order chi connectivity index (χ0) is 35.8. The maximum atomic E-state index is 17.2. The van der Waals surface area contributed by atoms with E-state index >= 15 is 4.39 Å². The lowest BCUT2D eigenvalue weighted by atomic mass is 9.77. The Kier molecular flexibility index (Phi) is 8.27. The summed E-state index contributed by atoms with van der Waals surface area (Å²) in [5, 5.41) is 14.9. The van der Waals surface area contributed by atoms with Crippen LogP contribution in [0.4, 0.5) is 19.6 Å². The third-order valence-electron chi connectivity index (χ3n) is 11.0. The van der Waals surface area contributed by atoms with Crippen LogP contribution in [0.25, 0.3) is 32.1 Å². The van der Waals surface area contributed by atoms with E-state index in [1.54, 1.807) is 30.1 Å². The molecule has 2 aromatic carbocycles. The van der Waals surface area contributed by atoms with E-state index in [1.165, 1.54) is 12.1 Å². The van der Waals surface area contributed by atoms with Crippen LogP contribution in [-0.4, -0.2) is 86.4 Å². The number of likely N-dealkylation sites (N-methyl/N-ethyl adjacent to an activating group) is 1. The molecule has 8 rings (SSSR count). The third kappa shape index (κ3) is 5.36. The van der Waals surface area contributed by atoms with Crippen LogP contribution in [0.3, 0.4) is 0 Å². The van der Waals surface area contributed by atoms with Crippen molar-refractivity contribution in [2.45, 2.75) is 56.7 Å². The Labute approximate surface area is 302 Å². The maximum absolute atomic E-state index is 17.2. The van der Waals surface area contributed by atoms with E-state index in [-0.39, 0.29) is 66.4 Å². The molecular formula is C36H36ClF2N9O2S. The van der Waals surface area contributed by atoms with Crippen molar-refractivity contribution in [3.05, 3.63) is 58.4 Å². The SMILES string of the molecule is C[C@H](Oc1nc(N2CCCC3(CCN3C(=O)c3ccnn3C)C2)c2cc(Cl)c(-c3ccc(F)c4sc(N)c(C#N)c34)c(F)c2n1)C1CCCN1C. The number of ether oxygens (including phenoxy) is 1. The predicted octanol–water partition coefficient (Wildman–Crippen LogP) is 6.38. The number of aryl methyl sites for hydroxylation is 1.